The second-order valence-electron chi connectivity index (χ2n) is 4.62. The SMILES string of the molecule is COc1cccc(C)c1CON=Cc1cc(F)cc(C)n1. The number of nitrogens with zero attached hydrogens (tertiary/aromatic N) is 2. The maximum Gasteiger partial charge on any atom is 0.146 e. The molecule has 0 N–H and O–H groups in total. The Balaban J connectivity index is 2.03. The summed E-state index contributed by atoms with van der Waals surface area (Å²) in [4.78, 5) is 9.39. The third-order valence-electron chi connectivity index (χ3n) is 2.99. The van der Waals surface area contributed by atoms with Gasteiger partial charge in [-0.1, -0.05) is 17.3 Å². The van der Waals surface area contributed by atoms with Gasteiger partial charge in [-0.15, -0.1) is 0 Å². The van der Waals surface area contributed by atoms with E-state index in [9.17, 15) is 4.39 Å². The molecule has 0 saturated carbocycles. The van der Waals surface area contributed by atoms with Crippen LogP contribution < -0.4 is 4.74 Å². The quantitative estimate of drug-likeness (QED) is 0.625. The van der Waals surface area contributed by atoms with Crippen molar-refractivity contribution < 1.29 is 14.0 Å². The highest BCUT2D eigenvalue weighted by molar-refractivity contribution is 5.76. The number of aryl methyl sites for hydroxylation is 2. The van der Waals surface area contributed by atoms with Crippen molar-refractivity contribution >= 4 is 6.21 Å². The van der Waals surface area contributed by atoms with Crippen LogP contribution in [-0.4, -0.2) is 18.3 Å². The van der Waals surface area contributed by atoms with Crippen LogP contribution in [0.1, 0.15) is 22.5 Å². The Morgan fingerprint density at radius 3 is 2.81 bits per heavy atom. The number of halogens is 1. The predicted molar refractivity (Wildman–Crippen MR) is 79.0 cm³/mol. The van der Waals surface area contributed by atoms with E-state index < -0.39 is 0 Å². The van der Waals surface area contributed by atoms with E-state index in [1.807, 2.05) is 25.1 Å². The van der Waals surface area contributed by atoms with Crippen molar-refractivity contribution in [1.29, 1.82) is 0 Å². The normalized spacial score (nSPS) is 10.9. The molecule has 0 spiro atoms. The van der Waals surface area contributed by atoms with Crippen LogP contribution in [0.25, 0.3) is 0 Å². The number of aromatic nitrogens is 1. The summed E-state index contributed by atoms with van der Waals surface area (Å²) < 4.78 is 18.5. The molecule has 0 aliphatic rings. The second-order valence-corrected chi connectivity index (χ2v) is 4.62. The van der Waals surface area contributed by atoms with Gasteiger partial charge in [0, 0.05) is 17.3 Å². The number of hydrogen-bond donors (Lipinski definition) is 0. The first-order valence-corrected chi connectivity index (χ1v) is 6.52. The molecule has 5 heteroatoms. The Morgan fingerprint density at radius 1 is 1.29 bits per heavy atom. The standard InChI is InChI=1S/C16H17FN2O2/c1-11-5-4-6-16(20-3)15(11)10-21-18-9-14-8-13(17)7-12(2)19-14/h4-9H,10H2,1-3H3. The van der Waals surface area contributed by atoms with Gasteiger partial charge in [-0.25, -0.2) is 4.39 Å². The average Bonchev–Trinajstić information content (AvgIpc) is 2.43. The molecule has 0 radical (unpaired) electrons. The molecular formula is C16H17FN2O2. The third-order valence-corrected chi connectivity index (χ3v) is 2.99. The predicted octanol–water partition coefficient (Wildman–Crippen LogP) is 3.40. The molecule has 110 valence electrons. The minimum absolute atomic E-state index is 0.278. The number of benzene rings is 1. The molecule has 2 aromatic rings. The first-order valence-electron chi connectivity index (χ1n) is 6.52. The summed E-state index contributed by atoms with van der Waals surface area (Å²) in [6.07, 6.45) is 1.39. The fourth-order valence-corrected chi connectivity index (χ4v) is 1.96. The lowest BCUT2D eigenvalue weighted by Gasteiger charge is -2.09. The monoisotopic (exact) mass is 288 g/mol. The van der Waals surface area contributed by atoms with E-state index >= 15 is 0 Å². The zero-order valence-corrected chi connectivity index (χ0v) is 12.3. The fraction of sp³-hybridized carbons (Fsp3) is 0.250. The van der Waals surface area contributed by atoms with Crippen LogP contribution in [-0.2, 0) is 11.4 Å². The summed E-state index contributed by atoms with van der Waals surface area (Å²) in [5.74, 6) is 0.412. The summed E-state index contributed by atoms with van der Waals surface area (Å²) in [5, 5.41) is 3.83. The maximum atomic E-state index is 13.2. The fourth-order valence-electron chi connectivity index (χ4n) is 1.96. The molecule has 0 aliphatic heterocycles. The second kappa shape index (κ2) is 6.83. The molecule has 0 aliphatic carbocycles. The largest absolute Gasteiger partial charge is 0.496 e. The Hall–Kier alpha value is -2.43. The van der Waals surface area contributed by atoms with Crippen molar-refractivity contribution in [1.82, 2.24) is 4.98 Å². The average molecular weight is 288 g/mol. The van der Waals surface area contributed by atoms with E-state index in [0.29, 0.717) is 11.4 Å². The van der Waals surface area contributed by atoms with Crippen molar-refractivity contribution in [2.75, 3.05) is 7.11 Å². The van der Waals surface area contributed by atoms with Gasteiger partial charge in [0.1, 0.15) is 18.2 Å². The number of methoxy groups -OCH3 is 1. The molecule has 4 nitrogen and oxygen atoms in total. The van der Waals surface area contributed by atoms with E-state index in [-0.39, 0.29) is 12.4 Å². The minimum Gasteiger partial charge on any atom is -0.496 e. The lowest BCUT2D eigenvalue weighted by molar-refractivity contribution is 0.129. The Labute approximate surface area is 123 Å². The third kappa shape index (κ3) is 4.02. The summed E-state index contributed by atoms with van der Waals surface area (Å²) in [5.41, 5.74) is 3.01. The molecule has 0 unspecified atom stereocenters. The molecule has 0 saturated heterocycles. The maximum absolute atomic E-state index is 13.2. The van der Waals surface area contributed by atoms with Crippen molar-refractivity contribution in [3.8, 4) is 5.75 Å². The molecule has 21 heavy (non-hydrogen) atoms. The molecule has 0 fully saturated rings. The molecule has 0 bridgehead atoms. The van der Waals surface area contributed by atoms with Crippen molar-refractivity contribution in [2.24, 2.45) is 5.16 Å². The Morgan fingerprint density at radius 2 is 2.10 bits per heavy atom. The number of pyridine rings is 1. The Kier molecular flexibility index (Phi) is 4.87. The first kappa shape index (κ1) is 15.0. The van der Waals surface area contributed by atoms with E-state index in [2.05, 4.69) is 10.1 Å². The smallest absolute Gasteiger partial charge is 0.146 e. The van der Waals surface area contributed by atoms with Crippen LogP contribution >= 0.6 is 0 Å². The van der Waals surface area contributed by atoms with Crippen molar-refractivity contribution in [2.45, 2.75) is 20.5 Å². The topological polar surface area (TPSA) is 43.7 Å². The summed E-state index contributed by atoms with van der Waals surface area (Å²) in [7, 11) is 1.61. The van der Waals surface area contributed by atoms with Gasteiger partial charge in [-0.2, -0.15) is 0 Å². The highest BCUT2D eigenvalue weighted by Crippen LogP contribution is 2.22. The number of oxime groups is 1. The van der Waals surface area contributed by atoms with Crippen molar-refractivity contribution in [3.05, 3.63) is 58.7 Å². The van der Waals surface area contributed by atoms with Gasteiger partial charge in [0.25, 0.3) is 0 Å². The van der Waals surface area contributed by atoms with Crippen molar-refractivity contribution in [3.63, 3.8) is 0 Å². The van der Waals surface area contributed by atoms with E-state index in [1.54, 1.807) is 14.0 Å². The molecule has 1 aromatic heterocycles. The lowest BCUT2D eigenvalue weighted by Crippen LogP contribution is -1.97. The summed E-state index contributed by atoms with van der Waals surface area (Å²) >= 11 is 0. The Bertz CT molecular complexity index is 636. The van der Waals surface area contributed by atoms with Gasteiger partial charge < -0.3 is 9.57 Å². The van der Waals surface area contributed by atoms with Gasteiger partial charge in [-0.05, 0) is 31.5 Å². The highest BCUT2D eigenvalue weighted by atomic mass is 19.1. The van der Waals surface area contributed by atoms with E-state index in [4.69, 9.17) is 9.57 Å². The van der Waals surface area contributed by atoms with E-state index in [0.717, 1.165) is 16.9 Å². The zero-order chi connectivity index (χ0) is 15.2. The van der Waals surface area contributed by atoms with E-state index in [1.165, 1.54) is 18.3 Å². The van der Waals surface area contributed by atoms with Gasteiger partial charge in [0.05, 0.1) is 19.0 Å². The van der Waals surface area contributed by atoms with Crippen LogP contribution in [0.15, 0.2) is 35.5 Å². The minimum atomic E-state index is -0.343. The summed E-state index contributed by atoms with van der Waals surface area (Å²) in [6.45, 7) is 3.97. The van der Waals surface area contributed by atoms with Gasteiger partial charge in [-0.3, -0.25) is 4.98 Å². The first-order chi connectivity index (χ1) is 10.1. The van der Waals surface area contributed by atoms with Crippen LogP contribution in [0.4, 0.5) is 4.39 Å². The number of ether oxygens (including phenoxy) is 1. The zero-order valence-electron chi connectivity index (χ0n) is 12.3. The molecule has 1 heterocycles. The lowest BCUT2D eigenvalue weighted by atomic mass is 10.1. The van der Waals surface area contributed by atoms with Gasteiger partial charge in [0.15, 0.2) is 0 Å². The van der Waals surface area contributed by atoms with Crippen LogP contribution in [0.5, 0.6) is 5.75 Å². The van der Waals surface area contributed by atoms with Crippen LogP contribution in [0.2, 0.25) is 0 Å². The molecule has 1 aromatic carbocycles. The van der Waals surface area contributed by atoms with Gasteiger partial charge in [0.2, 0.25) is 0 Å². The summed E-state index contributed by atoms with van der Waals surface area (Å²) in [6, 6.07) is 8.42. The number of rotatable bonds is 5. The molecule has 2 rings (SSSR count). The van der Waals surface area contributed by atoms with Crippen LogP contribution in [0, 0.1) is 19.7 Å². The molecule has 0 atom stereocenters. The molecule has 0 amide bonds. The molecular weight excluding hydrogens is 271 g/mol. The van der Waals surface area contributed by atoms with Crippen LogP contribution in [0.3, 0.4) is 0 Å². The number of hydrogen-bond acceptors (Lipinski definition) is 4. The van der Waals surface area contributed by atoms with Gasteiger partial charge >= 0.3 is 0 Å². The highest BCUT2D eigenvalue weighted by Gasteiger charge is 2.06.